The quantitative estimate of drug-likeness (QED) is 0.550. The molecule has 0 unspecified atom stereocenters. The third-order valence-corrected chi connectivity index (χ3v) is 6.19. The van der Waals surface area contributed by atoms with Gasteiger partial charge in [-0.3, -0.25) is 9.91 Å². The number of para-hydroxylation sites is 1. The Balaban J connectivity index is 1.24. The molecule has 156 valence electrons. The molecule has 5 rings (SSSR count). The number of piperazine rings is 1. The van der Waals surface area contributed by atoms with Gasteiger partial charge in [0.2, 0.25) is 0 Å². The van der Waals surface area contributed by atoms with Crippen LogP contribution in [-0.4, -0.2) is 49.4 Å². The van der Waals surface area contributed by atoms with Crippen molar-refractivity contribution in [1.82, 2.24) is 9.91 Å². The van der Waals surface area contributed by atoms with E-state index in [1.54, 1.807) is 7.11 Å². The molecular formula is C27H27N3O. The van der Waals surface area contributed by atoms with Gasteiger partial charge in [-0.2, -0.15) is 5.10 Å². The number of nitrogens with zero attached hydrogens (tertiary/aromatic N) is 3. The van der Waals surface area contributed by atoms with Gasteiger partial charge in [0.05, 0.1) is 13.2 Å². The van der Waals surface area contributed by atoms with Gasteiger partial charge in [0.15, 0.2) is 0 Å². The van der Waals surface area contributed by atoms with E-state index in [4.69, 9.17) is 4.74 Å². The lowest BCUT2D eigenvalue weighted by Gasteiger charge is -2.37. The molecule has 1 fully saturated rings. The molecule has 1 aliphatic heterocycles. The van der Waals surface area contributed by atoms with E-state index in [1.165, 1.54) is 22.3 Å². The zero-order valence-electron chi connectivity index (χ0n) is 17.8. The molecular weight excluding hydrogens is 382 g/mol. The normalized spacial score (nSPS) is 16.7. The van der Waals surface area contributed by atoms with E-state index < -0.39 is 0 Å². The van der Waals surface area contributed by atoms with E-state index in [9.17, 15) is 0 Å². The van der Waals surface area contributed by atoms with Crippen LogP contribution in [0.3, 0.4) is 0 Å². The lowest BCUT2D eigenvalue weighted by molar-refractivity contribution is 0.114. The first kappa shape index (κ1) is 19.6. The molecule has 31 heavy (non-hydrogen) atoms. The largest absolute Gasteiger partial charge is 0.496 e. The smallest absolute Gasteiger partial charge is 0.126 e. The Bertz CT molecular complexity index is 1070. The van der Waals surface area contributed by atoms with E-state index >= 15 is 0 Å². The minimum Gasteiger partial charge on any atom is -0.496 e. The Hall–Kier alpha value is -3.37. The molecule has 0 spiro atoms. The van der Waals surface area contributed by atoms with Crippen LogP contribution in [0, 0.1) is 0 Å². The Morgan fingerprint density at radius 3 is 2.10 bits per heavy atom. The molecule has 3 aromatic carbocycles. The molecule has 0 amide bonds. The lowest BCUT2D eigenvalue weighted by Crippen LogP contribution is -2.45. The standard InChI is InChI=1S/C27H27N3O/c1-31-26-15-7-2-9-21(26)10-8-16-28-30-19-17-29(18-20-30)27-24-13-5-3-11-22(24)23-12-4-6-14-25(23)27/h2-16,27H,17-20H2,1H3/b10-8+,28-16+. The van der Waals surface area contributed by atoms with Crippen LogP contribution in [0.25, 0.3) is 17.2 Å². The summed E-state index contributed by atoms with van der Waals surface area (Å²) in [4.78, 5) is 2.60. The van der Waals surface area contributed by atoms with Crippen molar-refractivity contribution >= 4 is 12.3 Å². The van der Waals surface area contributed by atoms with Crippen molar-refractivity contribution in [3.05, 3.63) is 95.6 Å². The molecule has 2 aliphatic rings. The summed E-state index contributed by atoms with van der Waals surface area (Å²) in [6, 6.07) is 26.0. The van der Waals surface area contributed by atoms with Gasteiger partial charge in [-0.1, -0.05) is 66.7 Å². The summed E-state index contributed by atoms with van der Waals surface area (Å²) in [7, 11) is 1.70. The van der Waals surface area contributed by atoms with Crippen LogP contribution in [0.15, 0.2) is 84.0 Å². The Kier molecular flexibility index (Phi) is 5.55. The minimum atomic E-state index is 0.351. The maximum absolute atomic E-state index is 5.39. The summed E-state index contributed by atoms with van der Waals surface area (Å²) < 4.78 is 5.39. The summed E-state index contributed by atoms with van der Waals surface area (Å²) >= 11 is 0. The number of allylic oxidation sites excluding steroid dienone is 1. The van der Waals surface area contributed by atoms with Gasteiger partial charge in [-0.15, -0.1) is 0 Å². The van der Waals surface area contributed by atoms with Crippen molar-refractivity contribution in [2.75, 3.05) is 33.3 Å². The van der Waals surface area contributed by atoms with Crippen molar-refractivity contribution < 1.29 is 4.74 Å². The summed E-state index contributed by atoms with van der Waals surface area (Å²) in [6.45, 7) is 3.86. The molecule has 0 bridgehead atoms. The molecule has 4 nitrogen and oxygen atoms in total. The topological polar surface area (TPSA) is 28.1 Å². The minimum absolute atomic E-state index is 0.351. The van der Waals surface area contributed by atoms with Gasteiger partial charge in [-0.25, -0.2) is 0 Å². The van der Waals surface area contributed by atoms with E-state index in [2.05, 4.69) is 63.5 Å². The van der Waals surface area contributed by atoms with Crippen molar-refractivity contribution in [2.24, 2.45) is 5.10 Å². The second-order valence-corrected chi connectivity index (χ2v) is 7.93. The molecule has 1 aliphatic carbocycles. The Morgan fingerprint density at radius 1 is 0.806 bits per heavy atom. The van der Waals surface area contributed by atoms with Crippen LogP contribution in [0.5, 0.6) is 5.75 Å². The third-order valence-electron chi connectivity index (χ3n) is 6.19. The highest BCUT2D eigenvalue weighted by molar-refractivity contribution is 5.79. The average molecular weight is 410 g/mol. The highest BCUT2D eigenvalue weighted by atomic mass is 16.5. The molecule has 0 radical (unpaired) electrons. The number of ether oxygens (including phenoxy) is 1. The highest BCUT2D eigenvalue weighted by Crippen LogP contribution is 2.46. The fourth-order valence-electron chi connectivity index (χ4n) is 4.69. The number of hydrogen-bond acceptors (Lipinski definition) is 4. The van der Waals surface area contributed by atoms with Gasteiger partial charge in [0.25, 0.3) is 0 Å². The van der Waals surface area contributed by atoms with Crippen LogP contribution >= 0.6 is 0 Å². The first-order valence-corrected chi connectivity index (χ1v) is 10.9. The second kappa shape index (κ2) is 8.78. The van der Waals surface area contributed by atoms with Crippen LogP contribution in [0.2, 0.25) is 0 Å². The van der Waals surface area contributed by atoms with Gasteiger partial charge < -0.3 is 4.74 Å². The number of methoxy groups -OCH3 is 1. The maximum atomic E-state index is 5.39. The summed E-state index contributed by atoms with van der Waals surface area (Å²) in [5.41, 5.74) is 6.68. The predicted molar refractivity (Wildman–Crippen MR) is 127 cm³/mol. The fourth-order valence-corrected chi connectivity index (χ4v) is 4.69. The number of hydrazone groups is 1. The summed E-state index contributed by atoms with van der Waals surface area (Å²) in [6.07, 6.45) is 5.89. The molecule has 0 atom stereocenters. The third kappa shape index (κ3) is 3.87. The summed E-state index contributed by atoms with van der Waals surface area (Å²) in [5.74, 6) is 0.873. The van der Waals surface area contributed by atoms with Gasteiger partial charge in [0.1, 0.15) is 5.75 Å². The van der Waals surface area contributed by atoms with Crippen molar-refractivity contribution in [2.45, 2.75) is 6.04 Å². The fraction of sp³-hybridized carbons (Fsp3) is 0.222. The van der Waals surface area contributed by atoms with E-state index in [1.807, 2.05) is 42.6 Å². The number of benzene rings is 3. The first-order valence-electron chi connectivity index (χ1n) is 10.9. The molecule has 0 N–H and O–H groups in total. The zero-order chi connectivity index (χ0) is 21.0. The van der Waals surface area contributed by atoms with Crippen molar-refractivity contribution in [1.29, 1.82) is 0 Å². The zero-order valence-corrected chi connectivity index (χ0v) is 17.8. The average Bonchev–Trinajstić information content (AvgIpc) is 3.17. The molecule has 3 aromatic rings. The van der Waals surface area contributed by atoms with Gasteiger partial charge >= 0.3 is 0 Å². The highest BCUT2D eigenvalue weighted by Gasteiger charge is 2.33. The van der Waals surface area contributed by atoms with Gasteiger partial charge in [-0.05, 0) is 40.5 Å². The number of rotatable bonds is 5. The van der Waals surface area contributed by atoms with Gasteiger partial charge in [0, 0.05) is 38.0 Å². The first-order chi connectivity index (χ1) is 15.3. The van der Waals surface area contributed by atoms with Crippen molar-refractivity contribution in [3.8, 4) is 16.9 Å². The Morgan fingerprint density at radius 2 is 1.42 bits per heavy atom. The number of hydrogen-bond donors (Lipinski definition) is 0. The molecule has 4 heteroatoms. The SMILES string of the molecule is COc1ccccc1/C=C/C=N/N1CCN(C2c3ccccc3-c3ccccc32)CC1. The van der Waals surface area contributed by atoms with Crippen molar-refractivity contribution in [3.63, 3.8) is 0 Å². The van der Waals surface area contributed by atoms with Crippen LogP contribution in [0.4, 0.5) is 0 Å². The molecule has 1 saturated heterocycles. The molecule has 1 heterocycles. The van der Waals surface area contributed by atoms with Crippen LogP contribution in [0.1, 0.15) is 22.7 Å². The van der Waals surface area contributed by atoms with E-state index in [-0.39, 0.29) is 0 Å². The summed E-state index contributed by atoms with van der Waals surface area (Å²) in [5, 5.41) is 6.82. The predicted octanol–water partition coefficient (Wildman–Crippen LogP) is 5.08. The second-order valence-electron chi connectivity index (χ2n) is 7.93. The maximum Gasteiger partial charge on any atom is 0.126 e. The van der Waals surface area contributed by atoms with Crippen LogP contribution < -0.4 is 4.74 Å². The van der Waals surface area contributed by atoms with E-state index in [0.29, 0.717) is 6.04 Å². The Labute approximate surface area is 184 Å². The van der Waals surface area contributed by atoms with Crippen LogP contribution in [-0.2, 0) is 0 Å². The monoisotopic (exact) mass is 409 g/mol. The molecule has 0 saturated carbocycles. The lowest BCUT2D eigenvalue weighted by atomic mass is 10.0. The van der Waals surface area contributed by atoms with E-state index in [0.717, 1.165) is 37.5 Å². The number of fused-ring (bicyclic) bond motifs is 3. The molecule has 0 aromatic heterocycles.